The van der Waals surface area contributed by atoms with Crippen LogP contribution in [0.3, 0.4) is 0 Å². The first kappa shape index (κ1) is 17.5. The molecule has 1 saturated heterocycles. The maximum absolute atomic E-state index is 13.3. The van der Waals surface area contributed by atoms with E-state index in [1.54, 1.807) is 24.3 Å². The first-order valence-corrected chi connectivity index (χ1v) is 8.21. The zero-order chi connectivity index (χ0) is 18.0. The summed E-state index contributed by atoms with van der Waals surface area (Å²) in [5.74, 6) is -1.36. The molecule has 1 atom stereocenters. The average molecular weight is 363 g/mol. The third kappa shape index (κ3) is 3.55. The van der Waals surface area contributed by atoms with Gasteiger partial charge in [0.05, 0.1) is 0 Å². The van der Waals surface area contributed by atoms with E-state index in [1.807, 2.05) is 0 Å². The second kappa shape index (κ2) is 6.90. The molecule has 3 rings (SSSR count). The topological polar surface area (TPSA) is 70.5 Å². The molecular formula is C18H16ClFN2O3. The summed E-state index contributed by atoms with van der Waals surface area (Å²) in [6.45, 7) is 0.212. The first-order valence-electron chi connectivity index (χ1n) is 7.84. The summed E-state index contributed by atoms with van der Waals surface area (Å²) >= 11 is 5.79. The lowest BCUT2D eigenvalue weighted by molar-refractivity contribution is -0.147. The number of benzene rings is 1. The van der Waals surface area contributed by atoms with E-state index in [2.05, 4.69) is 4.98 Å². The van der Waals surface area contributed by atoms with Crippen molar-refractivity contribution in [3.05, 3.63) is 59.0 Å². The number of carbonyl (C=O) groups excluding carboxylic acids is 2. The molecule has 2 heterocycles. The van der Waals surface area contributed by atoms with Crippen molar-refractivity contribution in [3.8, 4) is 0 Å². The van der Waals surface area contributed by atoms with Crippen molar-refractivity contribution in [2.45, 2.75) is 24.9 Å². The minimum atomic E-state index is -2.06. The van der Waals surface area contributed by atoms with E-state index in [1.165, 1.54) is 23.2 Å². The molecule has 130 valence electrons. The van der Waals surface area contributed by atoms with Crippen molar-refractivity contribution >= 4 is 29.1 Å². The van der Waals surface area contributed by atoms with Crippen molar-refractivity contribution in [2.24, 2.45) is 0 Å². The molecule has 0 radical (unpaired) electrons. The minimum absolute atomic E-state index is 0.00511. The zero-order valence-electron chi connectivity index (χ0n) is 13.3. The number of nitrogens with zero attached hydrogens (tertiary/aromatic N) is 2. The van der Waals surface area contributed by atoms with Gasteiger partial charge in [-0.2, -0.15) is 0 Å². The number of aliphatic hydroxyl groups is 1. The minimum Gasteiger partial charge on any atom is -0.373 e. The number of hydrogen-bond acceptors (Lipinski definition) is 4. The van der Waals surface area contributed by atoms with Gasteiger partial charge in [-0.3, -0.25) is 14.5 Å². The Morgan fingerprint density at radius 2 is 2.16 bits per heavy atom. The zero-order valence-corrected chi connectivity index (χ0v) is 14.0. The van der Waals surface area contributed by atoms with Crippen LogP contribution in [0.2, 0.25) is 5.02 Å². The molecular weight excluding hydrogens is 347 g/mol. The highest BCUT2D eigenvalue weighted by atomic mass is 35.5. The monoisotopic (exact) mass is 362 g/mol. The Morgan fingerprint density at radius 1 is 1.36 bits per heavy atom. The number of halogens is 2. The summed E-state index contributed by atoms with van der Waals surface area (Å²) in [5, 5.41) is 10.8. The molecule has 0 saturated carbocycles. The van der Waals surface area contributed by atoms with Crippen LogP contribution in [0, 0.1) is 5.82 Å². The fourth-order valence-electron chi connectivity index (χ4n) is 2.92. The van der Waals surface area contributed by atoms with Crippen molar-refractivity contribution < 1.29 is 19.1 Å². The highest BCUT2D eigenvalue weighted by Crippen LogP contribution is 2.29. The molecule has 1 aliphatic heterocycles. The van der Waals surface area contributed by atoms with Gasteiger partial charge in [0, 0.05) is 30.6 Å². The SMILES string of the molecule is O=C(CCc1cc(F)cc(Cl)c1)[C@@]1(O)CCN(c2ccccn2)C1=O. The van der Waals surface area contributed by atoms with Crippen molar-refractivity contribution in [3.63, 3.8) is 0 Å². The maximum Gasteiger partial charge on any atom is 0.267 e. The number of hydrogen-bond donors (Lipinski definition) is 1. The second-order valence-corrected chi connectivity index (χ2v) is 6.39. The quantitative estimate of drug-likeness (QED) is 0.830. The third-order valence-electron chi connectivity index (χ3n) is 4.25. The molecule has 1 fully saturated rings. The molecule has 1 amide bonds. The number of aryl methyl sites for hydroxylation is 1. The molecule has 25 heavy (non-hydrogen) atoms. The number of anilines is 1. The van der Waals surface area contributed by atoms with Gasteiger partial charge >= 0.3 is 0 Å². The predicted molar refractivity (Wildman–Crippen MR) is 90.9 cm³/mol. The molecule has 1 N–H and O–H groups in total. The molecule has 1 aromatic heterocycles. The van der Waals surface area contributed by atoms with E-state index in [-0.39, 0.29) is 30.8 Å². The third-order valence-corrected chi connectivity index (χ3v) is 4.46. The van der Waals surface area contributed by atoms with E-state index in [4.69, 9.17) is 11.6 Å². The van der Waals surface area contributed by atoms with E-state index >= 15 is 0 Å². The Kier molecular flexibility index (Phi) is 4.83. The summed E-state index contributed by atoms with van der Waals surface area (Å²) in [6, 6.07) is 9.08. The number of aromatic nitrogens is 1. The van der Waals surface area contributed by atoms with E-state index in [0.29, 0.717) is 11.4 Å². The Labute approximate surface area is 149 Å². The predicted octanol–water partition coefficient (Wildman–Crippen LogP) is 2.54. The molecule has 1 aromatic carbocycles. The number of rotatable bonds is 5. The van der Waals surface area contributed by atoms with Gasteiger partial charge in [0.2, 0.25) is 5.60 Å². The van der Waals surface area contributed by atoms with Crippen LogP contribution >= 0.6 is 11.6 Å². The molecule has 0 spiro atoms. The van der Waals surface area contributed by atoms with Gasteiger partial charge < -0.3 is 5.11 Å². The van der Waals surface area contributed by atoms with Crippen LogP contribution in [-0.4, -0.2) is 33.9 Å². The van der Waals surface area contributed by atoms with Crippen LogP contribution in [0.4, 0.5) is 10.2 Å². The van der Waals surface area contributed by atoms with Crippen molar-refractivity contribution in [2.75, 3.05) is 11.4 Å². The molecule has 1 aliphatic rings. The summed E-state index contributed by atoms with van der Waals surface area (Å²) in [6.07, 6.45) is 1.65. The van der Waals surface area contributed by atoms with Gasteiger partial charge in [-0.05, 0) is 42.3 Å². The van der Waals surface area contributed by atoms with Gasteiger partial charge in [0.1, 0.15) is 11.6 Å². The lowest BCUT2D eigenvalue weighted by atomic mass is 9.92. The molecule has 7 heteroatoms. The first-order chi connectivity index (χ1) is 11.9. The number of pyridine rings is 1. The van der Waals surface area contributed by atoms with Gasteiger partial charge in [0.15, 0.2) is 5.78 Å². The Hall–Kier alpha value is -2.31. The average Bonchev–Trinajstić information content (AvgIpc) is 2.89. The number of amides is 1. The van der Waals surface area contributed by atoms with Crippen LogP contribution in [0.1, 0.15) is 18.4 Å². The molecule has 0 unspecified atom stereocenters. The normalized spacial score (nSPS) is 20.1. The highest BCUT2D eigenvalue weighted by molar-refractivity contribution is 6.30. The summed E-state index contributed by atoms with van der Waals surface area (Å²) in [4.78, 5) is 30.4. The fraction of sp³-hybridized carbons (Fsp3) is 0.278. The summed E-state index contributed by atoms with van der Waals surface area (Å²) in [5.41, 5.74) is -1.52. The van der Waals surface area contributed by atoms with Gasteiger partial charge in [-0.15, -0.1) is 0 Å². The van der Waals surface area contributed by atoms with Gasteiger partial charge in [0.25, 0.3) is 5.91 Å². The Morgan fingerprint density at radius 3 is 2.84 bits per heavy atom. The maximum atomic E-state index is 13.3. The Bertz CT molecular complexity index is 795. The van der Waals surface area contributed by atoms with Crippen LogP contribution in [0.25, 0.3) is 0 Å². The fourth-order valence-corrected chi connectivity index (χ4v) is 3.16. The van der Waals surface area contributed by atoms with Crippen LogP contribution in [-0.2, 0) is 16.0 Å². The van der Waals surface area contributed by atoms with Crippen molar-refractivity contribution in [1.29, 1.82) is 0 Å². The molecule has 0 aliphatic carbocycles. The summed E-state index contributed by atoms with van der Waals surface area (Å²) < 4.78 is 13.3. The number of ketones is 1. The van der Waals surface area contributed by atoms with E-state index in [0.717, 1.165) is 0 Å². The number of Topliss-reactive ketones (excluding diaryl/α,β-unsaturated/α-hetero) is 1. The number of carbonyl (C=O) groups is 2. The van der Waals surface area contributed by atoms with E-state index in [9.17, 15) is 19.1 Å². The van der Waals surface area contributed by atoms with Gasteiger partial charge in [-0.25, -0.2) is 9.37 Å². The van der Waals surface area contributed by atoms with Crippen LogP contribution in [0.5, 0.6) is 0 Å². The van der Waals surface area contributed by atoms with Gasteiger partial charge in [-0.1, -0.05) is 17.7 Å². The lowest BCUT2D eigenvalue weighted by Crippen LogP contribution is -2.47. The van der Waals surface area contributed by atoms with Crippen LogP contribution < -0.4 is 4.90 Å². The highest BCUT2D eigenvalue weighted by Gasteiger charge is 2.51. The van der Waals surface area contributed by atoms with E-state index < -0.39 is 23.1 Å². The Balaban J connectivity index is 1.70. The summed E-state index contributed by atoms with van der Waals surface area (Å²) in [7, 11) is 0. The lowest BCUT2D eigenvalue weighted by Gasteiger charge is -2.20. The molecule has 2 aromatic rings. The van der Waals surface area contributed by atoms with Crippen molar-refractivity contribution in [1.82, 2.24) is 4.98 Å². The second-order valence-electron chi connectivity index (χ2n) is 5.96. The van der Waals surface area contributed by atoms with Crippen LogP contribution in [0.15, 0.2) is 42.6 Å². The smallest absolute Gasteiger partial charge is 0.267 e. The molecule has 5 nitrogen and oxygen atoms in total. The molecule has 0 bridgehead atoms. The standard InChI is InChI=1S/C18H16ClFN2O3/c19-13-9-12(10-14(20)11-13)4-5-15(23)18(25)6-8-22(17(18)24)16-3-1-2-7-21-16/h1-3,7,9-11,25H,4-6,8H2/t18-/m0/s1. The largest absolute Gasteiger partial charge is 0.373 e.